The van der Waals surface area contributed by atoms with Crippen molar-refractivity contribution in [1.82, 2.24) is 0 Å². The molecule has 0 aliphatic heterocycles. The lowest BCUT2D eigenvalue weighted by Gasteiger charge is -2.16. The third kappa shape index (κ3) is 3.34. The number of hydrogen-bond donors (Lipinski definition) is 1. The molecule has 110 valence electrons. The summed E-state index contributed by atoms with van der Waals surface area (Å²) in [6.45, 7) is 1.31. The topological polar surface area (TPSA) is 52.3 Å². The van der Waals surface area contributed by atoms with Gasteiger partial charge < -0.3 is 10.5 Å². The summed E-state index contributed by atoms with van der Waals surface area (Å²) in [5.74, 6) is -0.589. The number of primary amides is 1. The Morgan fingerprint density at radius 2 is 1.71 bits per heavy atom. The van der Waals surface area contributed by atoms with E-state index >= 15 is 0 Å². The second-order valence-corrected chi connectivity index (χ2v) is 4.45. The van der Waals surface area contributed by atoms with Crippen molar-refractivity contribution in [3.63, 3.8) is 0 Å². The molecule has 0 spiro atoms. The minimum atomic E-state index is -4.63. The average Bonchev–Trinajstić information content (AvgIpc) is 2.36. The highest BCUT2D eigenvalue weighted by Gasteiger charge is 2.37. The Morgan fingerprint density at radius 1 is 1.10 bits per heavy atom. The van der Waals surface area contributed by atoms with E-state index in [4.69, 9.17) is 5.73 Å². The van der Waals surface area contributed by atoms with Crippen molar-refractivity contribution in [3.8, 4) is 16.9 Å². The van der Waals surface area contributed by atoms with E-state index < -0.39 is 23.6 Å². The van der Waals surface area contributed by atoms with Gasteiger partial charge in [0.05, 0.1) is 0 Å². The molecule has 3 nitrogen and oxygen atoms in total. The zero-order valence-corrected chi connectivity index (χ0v) is 11.1. The van der Waals surface area contributed by atoms with E-state index in [0.717, 1.165) is 6.07 Å². The predicted molar refractivity (Wildman–Crippen MR) is 71.8 cm³/mol. The van der Waals surface area contributed by atoms with Crippen molar-refractivity contribution >= 4 is 6.09 Å². The summed E-state index contributed by atoms with van der Waals surface area (Å²) in [6, 6.07) is 11.4. The number of benzene rings is 2. The van der Waals surface area contributed by atoms with Gasteiger partial charge in [-0.25, -0.2) is 4.79 Å². The van der Waals surface area contributed by atoms with Gasteiger partial charge in [-0.05, 0) is 29.7 Å². The van der Waals surface area contributed by atoms with E-state index in [0.29, 0.717) is 11.1 Å². The molecule has 0 aliphatic rings. The van der Waals surface area contributed by atoms with E-state index in [1.54, 1.807) is 30.3 Å². The Kier molecular flexibility index (Phi) is 3.88. The quantitative estimate of drug-likeness (QED) is 0.905. The van der Waals surface area contributed by atoms with E-state index in [2.05, 4.69) is 4.74 Å². The van der Waals surface area contributed by atoms with Crippen molar-refractivity contribution < 1.29 is 22.7 Å². The maximum absolute atomic E-state index is 13.1. The summed E-state index contributed by atoms with van der Waals surface area (Å²) in [4.78, 5) is 10.8. The number of rotatable bonds is 2. The van der Waals surface area contributed by atoms with Gasteiger partial charge in [-0.2, -0.15) is 13.2 Å². The van der Waals surface area contributed by atoms with Gasteiger partial charge in [0.25, 0.3) is 0 Å². The number of aryl methyl sites for hydroxylation is 1. The van der Waals surface area contributed by atoms with Gasteiger partial charge in [0.15, 0.2) is 0 Å². The smallest absolute Gasteiger partial charge is 0.410 e. The molecular weight excluding hydrogens is 283 g/mol. The molecule has 0 saturated carbocycles. The molecule has 2 rings (SSSR count). The van der Waals surface area contributed by atoms with Crippen LogP contribution in [0.15, 0.2) is 42.5 Å². The third-order valence-corrected chi connectivity index (χ3v) is 2.90. The van der Waals surface area contributed by atoms with Crippen LogP contribution >= 0.6 is 0 Å². The fourth-order valence-corrected chi connectivity index (χ4v) is 2.10. The highest BCUT2D eigenvalue weighted by molar-refractivity contribution is 5.73. The number of carbonyl (C=O) groups is 1. The lowest BCUT2D eigenvalue weighted by atomic mass is 9.98. The first kappa shape index (κ1) is 14.9. The summed E-state index contributed by atoms with van der Waals surface area (Å²) in [5.41, 5.74) is 5.03. The van der Waals surface area contributed by atoms with Crippen molar-refractivity contribution in [1.29, 1.82) is 0 Å². The average molecular weight is 295 g/mol. The van der Waals surface area contributed by atoms with Crippen LogP contribution in [-0.2, 0) is 6.18 Å². The van der Waals surface area contributed by atoms with Gasteiger partial charge in [-0.1, -0.05) is 36.4 Å². The first-order valence-corrected chi connectivity index (χ1v) is 6.03. The molecule has 2 N–H and O–H groups in total. The van der Waals surface area contributed by atoms with Gasteiger partial charge in [0, 0.05) is 0 Å². The minimum Gasteiger partial charge on any atom is -0.410 e. The van der Waals surface area contributed by atoms with E-state index in [1.807, 2.05) is 0 Å². The molecular formula is C15H12F3NO2. The molecule has 0 aromatic heterocycles. The molecule has 0 unspecified atom stereocenters. The molecule has 0 radical (unpaired) electrons. The first-order chi connectivity index (χ1) is 9.79. The van der Waals surface area contributed by atoms with Crippen LogP contribution in [-0.4, -0.2) is 6.09 Å². The highest BCUT2D eigenvalue weighted by atomic mass is 19.4. The molecule has 0 saturated heterocycles. The number of nitrogens with two attached hydrogens (primary N) is 1. The first-order valence-electron chi connectivity index (χ1n) is 6.03. The molecule has 0 atom stereocenters. The molecule has 0 bridgehead atoms. The maximum Gasteiger partial charge on any atom is 0.420 e. The van der Waals surface area contributed by atoms with E-state index in [-0.39, 0.29) is 5.56 Å². The Balaban J connectivity index is 2.63. The van der Waals surface area contributed by atoms with Gasteiger partial charge >= 0.3 is 12.3 Å². The van der Waals surface area contributed by atoms with Gasteiger partial charge in [0.1, 0.15) is 11.3 Å². The monoisotopic (exact) mass is 295 g/mol. The Labute approximate surface area is 119 Å². The van der Waals surface area contributed by atoms with Crippen LogP contribution in [0.1, 0.15) is 11.1 Å². The number of hydrogen-bond acceptors (Lipinski definition) is 2. The molecule has 0 heterocycles. The number of ether oxygens (including phenoxy) is 1. The molecule has 1 amide bonds. The van der Waals surface area contributed by atoms with Crippen molar-refractivity contribution in [2.24, 2.45) is 5.73 Å². The van der Waals surface area contributed by atoms with Crippen LogP contribution in [0.3, 0.4) is 0 Å². The van der Waals surface area contributed by atoms with Crippen molar-refractivity contribution in [3.05, 3.63) is 53.6 Å². The lowest BCUT2D eigenvalue weighted by molar-refractivity contribution is -0.138. The Morgan fingerprint density at radius 3 is 2.24 bits per heavy atom. The summed E-state index contributed by atoms with van der Waals surface area (Å²) >= 11 is 0. The van der Waals surface area contributed by atoms with Crippen molar-refractivity contribution in [2.45, 2.75) is 13.1 Å². The number of amides is 1. The van der Waals surface area contributed by atoms with Gasteiger partial charge in [-0.3, -0.25) is 0 Å². The molecule has 0 fully saturated rings. The molecule has 21 heavy (non-hydrogen) atoms. The molecule has 6 heteroatoms. The van der Waals surface area contributed by atoms with Crippen LogP contribution in [0.4, 0.5) is 18.0 Å². The Bertz CT molecular complexity index is 667. The minimum absolute atomic E-state index is 0.0416. The predicted octanol–water partition coefficient (Wildman–Crippen LogP) is 4.14. The van der Waals surface area contributed by atoms with Crippen LogP contribution in [0.5, 0.6) is 5.75 Å². The SMILES string of the molecule is Cc1cc(-c2ccccc2)cc(OC(N)=O)c1C(F)(F)F. The summed E-state index contributed by atoms with van der Waals surface area (Å²) in [6.07, 6.45) is -5.92. The standard InChI is InChI=1S/C15H12F3NO2/c1-9-7-11(10-5-3-2-4-6-10)8-12(21-14(19)20)13(9)15(16,17)18/h2-8H,1H3,(H2,19,20). The van der Waals surface area contributed by atoms with Crippen LogP contribution < -0.4 is 10.5 Å². The second-order valence-electron chi connectivity index (χ2n) is 4.45. The molecule has 2 aromatic carbocycles. The second kappa shape index (κ2) is 5.47. The third-order valence-electron chi connectivity index (χ3n) is 2.90. The van der Waals surface area contributed by atoms with Crippen LogP contribution in [0, 0.1) is 6.92 Å². The lowest BCUT2D eigenvalue weighted by Crippen LogP contribution is -2.20. The van der Waals surface area contributed by atoms with E-state index in [1.165, 1.54) is 13.0 Å². The zero-order valence-electron chi connectivity index (χ0n) is 11.1. The largest absolute Gasteiger partial charge is 0.420 e. The Hall–Kier alpha value is -2.50. The number of halogens is 3. The highest BCUT2D eigenvalue weighted by Crippen LogP contribution is 2.41. The molecule has 0 aliphatic carbocycles. The van der Waals surface area contributed by atoms with E-state index in [9.17, 15) is 18.0 Å². The van der Waals surface area contributed by atoms with Gasteiger partial charge in [-0.15, -0.1) is 0 Å². The summed E-state index contributed by atoms with van der Waals surface area (Å²) < 4.78 is 43.7. The molecule has 2 aromatic rings. The number of carbonyl (C=O) groups excluding carboxylic acids is 1. The van der Waals surface area contributed by atoms with Crippen LogP contribution in [0.25, 0.3) is 11.1 Å². The van der Waals surface area contributed by atoms with Crippen LogP contribution in [0.2, 0.25) is 0 Å². The fourth-order valence-electron chi connectivity index (χ4n) is 2.10. The maximum atomic E-state index is 13.1. The normalized spacial score (nSPS) is 11.2. The summed E-state index contributed by atoms with van der Waals surface area (Å²) in [5, 5.41) is 0. The number of alkyl halides is 3. The summed E-state index contributed by atoms with van der Waals surface area (Å²) in [7, 11) is 0. The van der Waals surface area contributed by atoms with Gasteiger partial charge in [0.2, 0.25) is 0 Å². The fraction of sp³-hybridized carbons (Fsp3) is 0.133. The van der Waals surface area contributed by atoms with Crippen molar-refractivity contribution in [2.75, 3.05) is 0 Å². The zero-order chi connectivity index (χ0) is 15.6.